The molecule has 0 N–H and O–H groups in total. The molecule has 2 aromatic rings. The lowest BCUT2D eigenvalue weighted by molar-refractivity contribution is 0.613. The maximum Gasteiger partial charge on any atom is 0.137 e. The van der Waals surface area contributed by atoms with Crippen LogP contribution in [0.4, 0.5) is 4.39 Å². The molecule has 0 unspecified atom stereocenters. The van der Waals surface area contributed by atoms with Crippen LogP contribution in [0.25, 0.3) is 0 Å². The van der Waals surface area contributed by atoms with Gasteiger partial charge in [-0.3, -0.25) is 4.68 Å². The number of halogens is 2. The summed E-state index contributed by atoms with van der Waals surface area (Å²) in [6.45, 7) is 2.57. The van der Waals surface area contributed by atoms with Crippen LogP contribution in [0.3, 0.4) is 0 Å². The first-order valence-corrected chi connectivity index (χ1v) is 5.37. The zero-order valence-corrected chi connectivity index (χ0v) is 9.83. The summed E-state index contributed by atoms with van der Waals surface area (Å²) in [5, 5.41) is 4.15. The minimum atomic E-state index is -0.239. The Morgan fingerprint density at radius 1 is 1.47 bits per heavy atom. The highest BCUT2D eigenvalue weighted by atomic mass is 79.9. The Hall–Kier alpha value is -1.16. The lowest BCUT2D eigenvalue weighted by Gasteiger charge is -2.02. The Balaban J connectivity index is 2.21. The Kier molecular flexibility index (Phi) is 2.86. The van der Waals surface area contributed by atoms with Crippen LogP contribution in [-0.2, 0) is 6.54 Å². The van der Waals surface area contributed by atoms with E-state index >= 15 is 0 Å². The van der Waals surface area contributed by atoms with Gasteiger partial charge in [-0.05, 0) is 46.1 Å². The average Bonchev–Trinajstić information content (AvgIpc) is 2.58. The maximum atomic E-state index is 13.2. The van der Waals surface area contributed by atoms with E-state index in [0.29, 0.717) is 11.0 Å². The fraction of sp³-hybridized carbons (Fsp3) is 0.182. The van der Waals surface area contributed by atoms with Crippen molar-refractivity contribution in [2.24, 2.45) is 0 Å². The van der Waals surface area contributed by atoms with E-state index in [0.717, 1.165) is 11.1 Å². The standard InChI is InChI=1S/C11H10BrFN2/c1-8-5-14-15(6-8)7-9-2-3-10(12)11(13)4-9/h2-6H,7H2,1H3. The lowest BCUT2D eigenvalue weighted by atomic mass is 10.2. The molecule has 78 valence electrons. The van der Waals surface area contributed by atoms with E-state index in [1.54, 1.807) is 16.9 Å². The van der Waals surface area contributed by atoms with E-state index in [2.05, 4.69) is 21.0 Å². The molecule has 0 saturated carbocycles. The van der Waals surface area contributed by atoms with Crippen molar-refractivity contribution in [3.8, 4) is 0 Å². The summed E-state index contributed by atoms with van der Waals surface area (Å²) in [5.41, 5.74) is 2.01. The molecule has 1 heterocycles. The molecule has 0 bridgehead atoms. The second kappa shape index (κ2) is 4.14. The van der Waals surface area contributed by atoms with Gasteiger partial charge in [0.05, 0.1) is 17.2 Å². The molecule has 0 atom stereocenters. The normalized spacial score (nSPS) is 10.6. The smallest absolute Gasteiger partial charge is 0.137 e. The minimum absolute atomic E-state index is 0.239. The number of hydrogen-bond donors (Lipinski definition) is 0. The van der Waals surface area contributed by atoms with Crippen LogP contribution in [0.1, 0.15) is 11.1 Å². The molecule has 0 aliphatic carbocycles. The van der Waals surface area contributed by atoms with Crippen molar-refractivity contribution >= 4 is 15.9 Å². The highest BCUT2D eigenvalue weighted by Crippen LogP contribution is 2.16. The summed E-state index contributed by atoms with van der Waals surface area (Å²) in [5.74, 6) is -0.239. The van der Waals surface area contributed by atoms with Gasteiger partial charge in [0.25, 0.3) is 0 Å². The Labute approximate surface area is 95.9 Å². The summed E-state index contributed by atoms with van der Waals surface area (Å²) in [7, 11) is 0. The van der Waals surface area contributed by atoms with Crippen LogP contribution < -0.4 is 0 Å². The van der Waals surface area contributed by atoms with Crippen molar-refractivity contribution in [3.63, 3.8) is 0 Å². The molecule has 0 aliphatic heterocycles. The third kappa shape index (κ3) is 2.45. The van der Waals surface area contributed by atoms with E-state index in [4.69, 9.17) is 0 Å². The quantitative estimate of drug-likeness (QED) is 0.819. The topological polar surface area (TPSA) is 17.8 Å². The lowest BCUT2D eigenvalue weighted by Crippen LogP contribution is -2.00. The molecule has 2 nitrogen and oxygen atoms in total. The Morgan fingerprint density at radius 2 is 2.27 bits per heavy atom. The van der Waals surface area contributed by atoms with Gasteiger partial charge in [-0.25, -0.2) is 4.39 Å². The molecule has 15 heavy (non-hydrogen) atoms. The zero-order chi connectivity index (χ0) is 10.8. The van der Waals surface area contributed by atoms with Crippen LogP contribution in [0, 0.1) is 12.7 Å². The molecule has 1 aromatic heterocycles. The van der Waals surface area contributed by atoms with Gasteiger partial charge in [0.2, 0.25) is 0 Å². The Bertz CT molecular complexity index is 479. The summed E-state index contributed by atoms with van der Waals surface area (Å²) in [4.78, 5) is 0. The predicted molar refractivity (Wildman–Crippen MR) is 60.2 cm³/mol. The summed E-state index contributed by atoms with van der Waals surface area (Å²) < 4.78 is 15.5. The molecular weight excluding hydrogens is 259 g/mol. The van der Waals surface area contributed by atoms with E-state index in [9.17, 15) is 4.39 Å². The van der Waals surface area contributed by atoms with Gasteiger partial charge in [0.1, 0.15) is 5.82 Å². The zero-order valence-electron chi connectivity index (χ0n) is 8.24. The fourth-order valence-electron chi connectivity index (χ4n) is 1.38. The van der Waals surface area contributed by atoms with Gasteiger partial charge in [-0.1, -0.05) is 6.07 Å². The SMILES string of the molecule is Cc1cnn(Cc2ccc(Br)c(F)c2)c1. The number of rotatable bonds is 2. The van der Waals surface area contributed by atoms with Gasteiger partial charge in [0, 0.05) is 6.20 Å². The number of aromatic nitrogens is 2. The number of hydrogen-bond acceptors (Lipinski definition) is 1. The summed E-state index contributed by atoms with van der Waals surface area (Å²) in [6.07, 6.45) is 3.72. The van der Waals surface area contributed by atoms with Crippen LogP contribution in [0.15, 0.2) is 35.1 Å². The number of benzene rings is 1. The number of aryl methyl sites for hydroxylation is 1. The fourth-order valence-corrected chi connectivity index (χ4v) is 1.63. The van der Waals surface area contributed by atoms with E-state index < -0.39 is 0 Å². The number of nitrogens with zero attached hydrogens (tertiary/aromatic N) is 2. The monoisotopic (exact) mass is 268 g/mol. The van der Waals surface area contributed by atoms with Gasteiger partial charge >= 0.3 is 0 Å². The highest BCUT2D eigenvalue weighted by Gasteiger charge is 2.01. The molecule has 0 radical (unpaired) electrons. The molecule has 0 fully saturated rings. The van der Waals surface area contributed by atoms with Crippen molar-refractivity contribution in [1.82, 2.24) is 9.78 Å². The molecule has 4 heteroatoms. The summed E-state index contributed by atoms with van der Waals surface area (Å²) in [6, 6.07) is 5.10. The largest absolute Gasteiger partial charge is 0.268 e. The molecule has 0 saturated heterocycles. The van der Waals surface area contributed by atoms with Gasteiger partial charge in [-0.15, -0.1) is 0 Å². The van der Waals surface area contributed by atoms with Crippen LogP contribution in [-0.4, -0.2) is 9.78 Å². The maximum absolute atomic E-state index is 13.2. The average molecular weight is 269 g/mol. The first kappa shape index (κ1) is 10.4. The van der Waals surface area contributed by atoms with Crippen molar-refractivity contribution in [3.05, 3.63) is 52.0 Å². The van der Waals surface area contributed by atoms with Crippen LogP contribution in [0.2, 0.25) is 0 Å². The molecule has 1 aromatic carbocycles. The van der Waals surface area contributed by atoms with Gasteiger partial charge in [-0.2, -0.15) is 5.10 Å². The van der Waals surface area contributed by atoms with Crippen molar-refractivity contribution in [2.45, 2.75) is 13.5 Å². The summed E-state index contributed by atoms with van der Waals surface area (Å²) >= 11 is 3.12. The van der Waals surface area contributed by atoms with Gasteiger partial charge in [0.15, 0.2) is 0 Å². The van der Waals surface area contributed by atoms with Crippen molar-refractivity contribution < 1.29 is 4.39 Å². The second-order valence-electron chi connectivity index (χ2n) is 3.46. The predicted octanol–water partition coefficient (Wildman–Crippen LogP) is 3.14. The third-order valence-corrected chi connectivity index (χ3v) is 2.73. The van der Waals surface area contributed by atoms with E-state index in [1.165, 1.54) is 6.07 Å². The highest BCUT2D eigenvalue weighted by molar-refractivity contribution is 9.10. The van der Waals surface area contributed by atoms with Crippen molar-refractivity contribution in [1.29, 1.82) is 0 Å². The molecular formula is C11H10BrFN2. The third-order valence-electron chi connectivity index (χ3n) is 2.09. The van der Waals surface area contributed by atoms with E-state index in [-0.39, 0.29) is 5.82 Å². The molecule has 0 spiro atoms. The van der Waals surface area contributed by atoms with Crippen LogP contribution in [0.5, 0.6) is 0 Å². The molecule has 0 amide bonds. The van der Waals surface area contributed by atoms with E-state index in [1.807, 2.05) is 19.2 Å². The molecule has 0 aliphatic rings. The molecule has 2 rings (SSSR count). The first-order valence-electron chi connectivity index (χ1n) is 4.58. The first-order chi connectivity index (χ1) is 7.15. The second-order valence-corrected chi connectivity index (χ2v) is 4.32. The van der Waals surface area contributed by atoms with Crippen molar-refractivity contribution in [2.75, 3.05) is 0 Å². The Morgan fingerprint density at radius 3 is 2.87 bits per heavy atom. The minimum Gasteiger partial charge on any atom is -0.268 e. The van der Waals surface area contributed by atoms with Gasteiger partial charge < -0.3 is 0 Å². The van der Waals surface area contributed by atoms with Crippen LogP contribution >= 0.6 is 15.9 Å².